The van der Waals surface area contributed by atoms with Gasteiger partial charge in [0.15, 0.2) is 0 Å². The van der Waals surface area contributed by atoms with E-state index in [0.29, 0.717) is 25.0 Å². The first-order valence-electron chi connectivity index (χ1n) is 26.7. The fraction of sp³-hybridized carbons (Fsp3) is 0.962. The molecular formula is C52H105NO5SSi. The third kappa shape index (κ3) is 39.3. The van der Waals surface area contributed by atoms with Crippen LogP contribution in [0.3, 0.4) is 0 Å². The summed E-state index contributed by atoms with van der Waals surface area (Å²) in [6.07, 6.45) is 47.7. The van der Waals surface area contributed by atoms with Gasteiger partial charge in [-0.1, -0.05) is 245 Å². The molecule has 0 aliphatic heterocycles. The van der Waals surface area contributed by atoms with Gasteiger partial charge in [0.1, 0.15) is 6.23 Å². The van der Waals surface area contributed by atoms with E-state index in [4.69, 9.17) is 13.3 Å². The van der Waals surface area contributed by atoms with E-state index >= 15 is 0 Å². The minimum atomic E-state index is -3.10. The predicted octanol–water partition coefficient (Wildman–Crippen LogP) is 17.0. The van der Waals surface area contributed by atoms with Crippen LogP contribution in [0.15, 0.2) is 0 Å². The molecule has 0 aliphatic carbocycles. The second-order valence-corrected chi connectivity index (χ2v) is 22.0. The maximum atomic E-state index is 12.2. The third-order valence-electron chi connectivity index (χ3n) is 12.2. The van der Waals surface area contributed by atoms with Gasteiger partial charge in [-0.25, -0.2) is 0 Å². The first-order chi connectivity index (χ1) is 29.4. The molecular weight excluding hydrogens is 779 g/mol. The van der Waals surface area contributed by atoms with Crippen molar-refractivity contribution in [2.24, 2.45) is 0 Å². The molecule has 8 heteroatoms. The Morgan fingerprint density at radius 2 is 0.750 bits per heavy atom. The lowest BCUT2D eigenvalue weighted by atomic mass is 10.1. The van der Waals surface area contributed by atoms with Gasteiger partial charge in [0, 0.05) is 45.0 Å². The molecule has 0 N–H and O–H groups in total. The number of ketones is 1. The molecule has 0 spiro atoms. The summed E-state index contributed by atoms with van der Waals surface area (Å²) in [6.45, 7) is 16.2. The SMILES string of the molecule is CCCCCCCCCCCCN(CCCCCCCCCCCC)C(C)O[Si](CCCSC(=O)C(C)=O)(OCCCCCCCCCC)OCCCCCCCCCC. The first-order valence-corrected chi connectivity index (χ1v) is 29.6. The molecule has 1 unspecified atom stereocenters. The van der Waals surface area contributed by atoms with Crippen molar-refractivity contribution in [1.29, 1.82) is 0 Å². The van der Waals surface area contributed by atoms with Gasteiger partial charge in [-0.2, -0.15) is 0 Å². The average molecular weight is 885 g/mol. The van der Waals surface area contributed by atoms with Crippen molar-refractivity contribution in [2.75, 3.05) is 32.1 Å². The largest absolute Gasteiger partial charge is 0.502 e. The molecule has 0 bridgehead atoms. The second kappa shape index (κ2) is 46.7. The van der Waals surface area contributed by atoms with E-state index in [1.807, 2.05) is 0 Å². The molecule has 0 fully saturated rings. The van der Waals surface area contributed by atoms with E-state index in [9.17, 15) is 9.59 Å². The Labute approximate surface area is 381 Å². The van der Waals surface area contributed by atoms with Crippen LogP contribution in [0.5, 0.6) is 0 Å². The molecule has 1 atom stereocenters. The maximum Gasteiger partial charge on any atom is 0.502 e. The van der Waals surface area contributed by atoms with Crippen molar-refractivity contribution in [3.05, 3.63) is 0 Å². The number of hydrogen-bond donors (Lipinski definition) is 0. The van der Waals surface area contributed by atoms with E-state index in [2.05, 4.69) is 39.5 Å². The minimum Gasteiger partial charge on any atom is -0.373 e. The quantitative estimate of drug-likeness (QED) is 0.0261. The van der Waals surface area contributed by atoms with Crippen LogP contribution < -0.4 is 0 Å². The van der Waals surface area contributed by atoms with Crippen molar-refractivity contribution in [1.82, 2.24) is 4.90 Å². The van der Waals surface area contributed by atoms with Gasteiger partial charge in [0.25, 0.3) is 5.12 Å². The lowest BCUT2D eigenvalue weighted by Crippen LogP contribution is -2.52. The van der Waals surface area contributed by atoms with E-state index in [-0.39, 0.29) is 17.1 Å². The minimum absolute atomic E-state index is 0.0857. The number of thioether (sulfide) groups is 1. The molecule has 0 heterocycles. The number of carbonyl (C=O) groups excluding carboxylic acids is 2. The molecule has 358 valence electrons. The number of unbranched alkanes of at least 4 members (excludes halogenated alkanes) is 32. The molecule has 0 amide bonds. The zero-order chi connectivity index (χ0) is 44.0. The lowest BCUT2D eigenvalue weighted by Gasteiger charge is -2.37. The Bertz CT molecular complexity index is 864. The summed E-state index contributed by atoms with van der Waals surface area (Å²) in [5.41, 5.74) is 0. The maximum absolute atomic E-state index is 12.2. The molecule has 0 rings (SSSR count). The normalized spacial score (nSPS) is 12.5. The summed E-state index contributed by atoms with van der Waals surface area (Å²) in [4.78, 5) is 26.6. The zero-order valence-electron chi connectivity index (χ0n) is 41.4. The Morgan fingerprint density at radius 3 is 1.07 bits per heavy atom. The van der Waals surface area contributed by atoms with Crippen molar-refractivity contribution in [3.8, 4) is 0 Å². The van der Waals surface area contributed by atoms with Gasteiger partial charge in [0.2, 0.25) is 5.78 Å². The highest BCUT2D eigenvalue weighted by molar-refractivity contribution is 8.15. The summed E-state index contributed by atoms with van der Waals surface area (Å²) in [5.74, 6) is 0.216. The Balaban J connectivity index is 5.77. The number of carbonyl (C=O) groups is 2. The van der Waals surface area contributed by atoms with Crippen molar-refractivity contribution in [2.45, 2.75) is 291 Å². The van der Waals surface area contributed by atoms with E-state index in [1.54, 1.807) is 0 Å². The van der Waals surface area contributed by atoms with Crippen LogP contribution >= 0.6 is 11.8 Å². The predicted molar refractivity (Wildman–Crippen MR) is 266 cm³/mol. The van der Waals surface area contributed by atoms with E-state index < -0.39 is 8.80 Å². The number of nitrogens with zero attached hydrogens (tertiary/aromatic N) is 1. The molecule has 0 saturated heterocycles. The third-order valence-corrected chi connectivity index (χ3v) is 16.2. The molecule has 0 aromatic carbocycles. The summed E-state index contributed by atoms with van der Waals surface area (Å²) in [5, 5.41) is -0.351. The summed E-state index contributed by atoms with van der Waals surface area (Å²) < 4.78 is 21.1. The Hall–Kier alpha value is -0.253. The zero-order valence-corrected chi connectivity index (χ0v) is 43.2. The fourth-order valence-corrected chi connectivity index (χ4v) is 12.0. The standard InChI is InChI=1S/C52H105NO5SSi/c1-7-11-15-19-23-27-29-31-35-39-44-53(45-40-36-32-30-28-24-20-16-12-8-2)51(6)58-60(49-43-48-59-52(55)50(5)54,56-46-41-37-33-25-21-17-13-9-3)57-47-42-38-34-26-22-18-14-10-4/h51H,7-49H2,1-6H3. The van der Waals surface area contributed by atoms with Crippen molar-refractivity contribution >= 4 is 31.5 Å². The lowest BCUT2D eigenvalue weighted by molar-refractivity contribution is -0.130. The number of Topliss-reactive ketones (excluding diaryl/α,β-unsaturated/α-hetero) is 1. The molecule has 0 aromatic heterocycles. The van der Waals surface area contributed by atoms with Crippen LogP contribution in [-0.2, 0) is 22.9 Å². The number of rotatable bonds is 50. The molecule has 0 aliphatic rings. The molecule has 60 heavy (non-hydrogen) atoms. The van der Waals surface area contributed by atoms with Crippen LogP contribution in [0.25, 0.3) is 0 Å². The fourth-order valence-electron chi connectivity index (χ4n) is 8.21. The summed E-state index contributed by atoms with van der Waals surface area (Å²) >= 11 is 1.14. The highest BCUT2D eigenvalue weighted by atomic mass is 32.2. The highest BCUT2D eigenvalue weighted by Gasteiger charge is 2.43. The smallest absolute Gasteiger partial charge is 0.373 e. The molecule has 0 radical (unpaired) electrons. The van der Waals surface area contributed by atoms with Gasteiger partial charge in [-0.05, 0) is 39.0 Å². The van der Waals surface area contributed by atoms with E-state index in [0.717, 1.165) is 44.1 Å². The highest BCUT2D eigenvalue weighted by Crippen LogP contribution is 2.26. The summed E-state index contributed by atoms with van der Waals surface area (Å²) in [7, 11) is -3.10. The van der Waals surface area contributed by atoms with Crippen LogP contribution in [0, 0.1) is 0 Å². The first kappa shape index (κ1) is 59.7. The topological polar surface area (TPSA) is 65.1 Å². The van der Waals surface area contributed by atoms with Crippen LogP contribution in [0.1, 0.15) is 279 Å². The van der Waals surface area contributed by atoms with Crippen molar-refractivity contribution in [3.63, 3.8) is 0 Å². The van der Waals surface area contributed by atoms with Gasteiger partial charge in [-0.3, -0.25) is 14.5 Å². The van der Waals surface area contributed by atoms with Gasteiger partial charge < -0.3 is 13.3 Å². The summed E-state index contributed by atoms with van der Waals surface area (Å²) in [6, 6.07) is 0.688. The second-order valence-electron chi connectivity index (χ2n) is 18.2. The number of hydrogen-bond acceptors (Lipinski definition) is 7. The monoisotopic (exact) mass is 884 g/mol. The Morgan fingerprint density at radius 1 is 0.450 bits per heavy atom. The van der Waals surface area contributed by atoms with Gasteiger partial charge in [-0.15, -0.1) is 0 Å². The van der Waals surface area contributed by atoms with Gasteiger partial charge in [0.05, 0.1) is 0 Å². The average Bonchev–Trinajstić information content (AvgIpc) is 3.24. The van der Waals surface area contributed by atoms with Crippen LogP contribution in [0.2, 0.25) is 6.04 Å². The van der Waals surface area contributed by atoms with Gasteiger partial charge >= 0.3 is 8.80 Å². The molecule has 0 aromatic rings. The van der Waals surface area contributed by atoms with Crippen LogP contribution in [-0.4, -0.2) is 62.9 Å². The van der Waals surface area contributed by atoms with Crippen LogP contribution in [0.4, 0.5) is 0 Å². The van der Waals surface area contributed by atoms with Crippen molar-refractivity contribution < 1.29 is 22.9 Å². The molecule has 0 saturated carbocycles. The van der Waals surface area contributed by atoms with E-state index in [1.165, 1.54) is 225 Å². The molecule has 6 nitrogen and oxygen atoms in total. The Kier molecular flexibility index (Phi) is 46.5.